The number of ether oxygens (including phenoxy) is 2. The summed E-state index contributed by atoms with van der Waals surface area (Å²) < 4.78 is 10.9. The van der Waals surface area contributed by atoms with Crippen LogP contribution in [0.2, 0.25) is 0 Å². The number of nitrogens with zero attached hydrogens (tertiary/aromatic N) is 6. The van der Waals surface area contributed by atoms with Crippen LogP contribution in [0.1, 0.15) is 17.5 Å². The van der Waals surface area contributed by atoms with Crippen LogP contribution in [-0.4, -0.2) is 65.9 Å². The lowest BCUT2D eigenvalue weighted by Crippen LogP contribution is -2.46. The molecule has 0 aliphatic carbocycles. The zero-order chi connectivity index (χ0) is 25.2. The van der Waals surface area contributed by atoms with E-state index in [-0.39, 0.29) is 17.4 Å². The molecule has 1 aromatic heterocycles. The highest BCUT2D eigenvalue weighted by Gasteiger charge is 2.32. The molecule has 0 saturated carbocycles. The van der Waals surface area contributed by atoms with Crippen molar-refractivity contribution in [3.63, 3.8) is 0 Å². The van der Waals surface area contributed by atoms with Crippen LogP contribution in [0, 0.1) is 10.1 Å². The Kier molecular flexibility index (Phi) is 6.32. The largest absolute Gasteiger partial charge is 0.454 e. The first-order chi connectivity index (χ1) is 18.2. The van der Waals surface area contributed by atoms with Crippen LogP contribution < -0.4 is 19.3 Å². The lowest BCUT2D eigenvalue weighted by atomic mass is 9.99. The van der Waals surface area contributed by atoms with E-state index in [1.54, 1.807) is 0 Å². The van der Waals surface area contributed by atoms with Gasteiger partial charge in [-0.15, -0.1) is 0 Å². The molecule has 4 heterocycles. The maximum Gasteiger partial charge on any atom is 0.353 e. The highest BCUT2D eigenvalue weighted by atomic mass is 16.7. The first-order valence-electron chi connectivity index (χ1n) is 12.5. The smallest absolute Gasteiger partial charge is 0.353 e. The lowest BCUT2D eigenvalue weighted by Gasteiger charge is -2.35. The van der Waals surface area contributed by atoms with Gasteiger partial charge in [0.15, 0.2) is 11.5 Å². The molecule has 0 amide bonds. The molecular formula is C27H28N6O4. The molecule has 6 rings (SSSR count). The number of hydrogen-bond acceptors (Lipinski definition) is 9. The lowest BCUT2D eigenvalue weighted by molar-refractivity contribution is -0.383. The minimum Gasteiger partial charge on any atom is -0.454 e. The summed E-state index contributed by atoms with van der Waals surface area (Å²) >= 11 is 0. The van der Waals surface area contributed by atoms with Crippen LogP contribution in [0.4, 0.5) is 17.3 Å². The molecule has 3 aromatic rings. The van der Waals surface area contributed by atoms with Gasteiger partial charge in [-0.3, -0.25) is 15.0 Å². The van der Waals surface area contributed by atoms with Crippen molar-refractivity contribution < 1.29 is 14.4 Å². The topological polar surface area (TPSA) is 97.1 Å². The van der Waals surface area contributed by atoms with Gasteiger partial charge in [-0.1, -0.05) is 42.5 Å². The third kappa shape index (κ3) is 4.79. The predicted octanol–water partition coefficient (Wildman–Crippen LogP) is 3.73. The van der Waals surface area contributed by atoms with Crippen molar-refractivity contribution >= 4 is 22.9 Å². The van der Waals surface area contributed by atoms with Crippen LogP contribution in [0.25, 0.3) is 5.57 Å². The molecule has 0 radical (unpaired) electrons. The highest BCUT2D eigenvalue weighted by Crippen LogP contribution is 2.37. The van der Waals surface area contributed by atoms with E-state index in [0.717, 1.165) is 43.1 Å². The van der Waals surface area contributed by atoms with E-state index in [1.165, 1.54) is 17.5 Å². The Bertz CT molecular complexity index is 1320. The van der Waals surface area contributed by atoms with E-state index in [1.807, 2.05) is 40.1 Å². The first-order valence-corrected chi connectivity index (χ1v) is 12.5. The van der Waals surface area contributed by atoms with Crippen molar-refractivity contribution in [2.45, 2.75) is 13.0 Å². The number of nitro groups is 1. The van der Waals surface area contributed by atoms with Crippen LogP contribution in [0.3, 0.4) is 0 Å². The zero-order valence-electron chi connectivity index (χ0n) is 20.5. The Labute approximate surface area is 214 Å². The summed E-state index contributed by atoms with van der Waals surface area (Å²) in [5.41, 5.74) is 3.59. The minimum absolute atomic E-state index is 0.0108. The van der Waals surface area contributed by atoms with Gasteiger partial charge in [0, 0.05) is 45.8 Å². The third-order valence-electron chi connectivity index (χ3n) is 7.13. The van der Waals surface area contributed by atoms with Gasteiger partial charge in [-0.25, -0.2) is 9.97 Å². The van der Waals surface area contributed by atoms with Crippen molar-refractivity contribution in [1.29, 1.82) is 0 Å². The highest BCUT2D eigenvalue weighted by molar-refractivity contribution is 5.74. The number of aromatic nitrogens is 2. The van der Waals surface area contributed by atoms with Crippen molar-refractivity contribution in [2.24, 2.45) is 0 Å². The molecule has 1 saturated heterocycles. The van der Waals surface area contributed by atoms with Crippen LogP contribution >= 0.6 is 0 Å². The second-order valence-corrected chi connectivity index (χ2v) is 9.37. The second-order valence-electron chi connectivity index (χ2n) is 9.37. The monoisotopic (exact) mass is 500 g/mol. The average molecular weight is 501 g/mol. The molecule has 10 nitrogen and oxygen atoms in total. The summed E-state index contributed by atoms with van der Waals surface area (Å²) in [5.74, 6) is 2.35. The Morgan fingerprint density at radius 2 is 1.65 bits per heavy atom. The predicted molar refractivity (Wildman–Crippen MR) is 140 cm³/mol. The molecule has 0 atom stereocenters. The van der Waals surface area contributed by atoms with Gasteiger partial charge in [0.1, 0.15) is 6.33 Å². The molecule has 3 aliphatic heterocycles. The number of piperazine rings is 1. The molecule has 10 heteroatoms. The van der Waals surface area contributed by atoms with Gasteiger partial charge in [-0.2, -0.15) is 0 Å². The summed E-state index contributed by atoms with van der Waals surface area (Å²) in [6.45, 7) is 5.14. The normalized spacial score (nSPS) is 17.6. The van der Waals surface area contributed by atoms with Crippen molar-refractivity contribution in [3.8, 4) is 11.5 Å². The molecule has 0 bridgehead atoms. The molecule has 0 N–H and O–H groups in total. The number of fused-ring (bicyclic) bond motifs is 1. The average Bonchev–Trinajstić information content (AvgIpc) is 3.42. The van der Waals surface area contributed by atoms with Crippen molar-refractivity contribution in [2.75, 3.05) is 55.9 Å². The summed E-state index contributed by atoms with van der Waals surface area (Å²) in [5, 5.41) is 12.2. The van der Waals surface area contributed by atoms with Crippen LogP contribution in [-0.2, 0) is 6.54 Å². The molecule has 37 heavy (non-hydrogen) atoms. The Balaban J connectivity index is 1.15. The fourth-order valence-corrected chi connectivity index (χ4v) is 5.18. The molecule has 0 unspecified atom stereocenters. The van der Waals surface area contributed by atoms with E-state index in [2.05, 4.69) is 39.1 Å². The maximum absolute atomic E-state index is 12.2. The summed E-state index contributed by atoms with van der Waals surface area (Å²) in [4.78, 5) is 27.0. The third-order valence-corrected chi connectivity index (χ3v) is 7.13. The number of hydrogen-bond donors (Lipinski definition) is 0. The number of rotatable bonds is 6. The fourth-order valence-electron chi connectivity index (χ4n) is 5.18. The number of benzene rings is 2. The molecule has 0 spiro atoms. The van der Waals surface area contributed by atoms with E-state index >= 15 is 0 Å². The van der Waals surface area contributed by atoms with E-state index < -0.39 is 0 Å². The molecule has 2 aromatic carbocycles. The molecular weight excluding hydrogens is 472 g/mol. The SMILES string of the molecule is O=[N+]([O-])c1c(N2CC=C(c3ccccc3)CC2)ncnc1N1CCN(Cc2ccc3c(c2)OCO3)CC1. The standard InChI is InChI=1S/C27H28N6O4/c34-33(35)25-26(31-10-8-22(9-11-31)21-4-2-1-3-5-21)28-18-29-27(25)32-14-12-30(13-15-32)17-20-6-7-23-24(16-20)37-19-36-23/h1-8,16,18H,9-15,17,19H2. The fraction of sp³-hybridized carbons (Fsp3) is 0.333. The number of anilines is 2. The Hall–Kier alpha value is -4.18. The van der Waals surface area contributed by atoms with Crippen molar-refractivity contribution in [3.05, 3.63) is 82.2 Å². The van der Waals surface area contributed by atoms with Gasteiger partial charge in [-0.05, 0) is 35.3 Å². The quantitative estimate of drug-likeness (QED) is 0.370. The van der Waals surface area contributed by atoms with E-state index in [0.29, 0.717) is 37.8 Å². The van der Waals surface area contributed by atoms with E-state index in [4.69, 9.17) is 9.47 Å². The molecule has 190 valence electrons. The Morgan fingerprint density at radius 3 is 2.38 bits per heavy atom. The van der Waals surface area contributed by atoms with Gasteiger partial charge in [0.2, 0.25) is 18.4 Å². The van der Waals surface area contributed by atoms with Gasteiger partial charge < -0.3 is 19.3 Å². The summed E-state index contributed by atoms with van der Waals surface area (Å²) in [7, 11) is 0. The minimum atomic E-state index is -0.333. The summed E-state index contributed by atoms with van der Waals surface area (Å²) in [6.07, 6.45) is 4.39. The van der Waals surface area contributed by atoms with Crippen LogP contribution in [0.5, 0.6) is 11.5 Å². The first kappa shape index (κ1) is 23.2. The summed E-state index contributed by atoms with van der Waals surface area (Å²) in [6, 6.07) is 16.3. The second kappa shape index (κ2) is 10.1. The van der Waals surface area contributed by atoms with E-state index in [9.17, 15) is 10.1 Å². The molecule has 1 fully saturated rings. The van der Waals surface area contributed by atoms with Gasteiger partial charge in [0.25, 0.3) is 0 Å². The van der Waals surface area contributed by atoms with Gasteiger partial charge >= 0.3 is 5.69 Å². The van der Waals surface area contributed by atoms with Gasteiger partial charge in [0.05, 0.1) is 4.92 Å². The van der Waals surface area contributed by atoms with Crippen molar-refractivity contribution in [1.82, 2.24) is 14.9 Å². The van der Waals surface area contributed by atoms with Crippen LogP contribution in [0.15, 0.2) is 60.9 Å². The zero-order valence-corrected chi connectivity index (χ0v) is 20.5. The molecule has 3 aliphatic rings. The maximum atomic E-state index is 12.2. The Morgan fingerprint density at radius 1 is 0.892 bits per heavy atom.